The molecule has 0 fully saturated rings. The van der Waals surface area contributed by atoms with E-state index in [9.17, 15) is 17.6 Å². The van der Waals surface area contributed by atoms with Crippen molar-refractivity contribution in [1.82, 2.24) is 4.98 Å². The summed E-state index contributed by atoms with van der Waals surface area (Å²) in [5.74, 6) is -1.02. The molecule has 2 aromatic carbocycles. The Balaban J connectivity index is 1.97. The fourth-order valence-electron chi connectivity index (χ4n) is 2.75. The SMILES string of the molecule is N=Cc1c(CC(=O)c2ccncc2)ccc(F)c1[NH2+]S(=O)(=O)c1ccccc1. The summed E-state index contributed by atoms with van der Waals surface area (Å²) in [6, 6.07) is 13.2. The van der Waals surface area contributed by atoms with Gasteiger partial charge in [0.15, 0.2) is 17.3 Å². The molecule has 0 aliphatic heterocycles. The van der Waals surface area contributed by atoms with Crippen molar-refractivity contribution in [2.75, 3.05) is 0 Å². The Bertz CT molecular complexity index is 1120. The predicted molar refractivity (Wildman–Crippen MR) is 102 cm³/mol. The molecule has 3 aromatic rings. The van der Waals surface area contributed by atoms with Crippen molar-refractivity contribution in [3.05, 3.63) is 89.5 Å². The van der Waals surface area contributed by atoms with Crippen LogP contribution in [-0.2, 0) is 16.4 Å². The molecular weight excluding hydrogens is 381 g/mol. The third kappa shape index (κ3) is 4.19. The molecule has 0 aliphatic rings. The third-order valence-corrected chi connectivity index (χ3v) is 5.64. The van der Waals surface area contributed by atoms with Crippen molar-refractivity contribution >= 4 is 27.7 Å². The Labute approximate surface area is 161 Å². The molecule has 0 bridgehead atoms. The zero-order chi connectivity index (χ0) is 20.1. The molecule has 6 nitrogen and oxygen atoms in total. The van der Waals surface area contributed by atoms with Crippen LogP contribution in [0.4, 0.5) is 10.1 Å². The number of ketones is 1. The fraction of sp³-hybridized carbons (Fsp3) is 0.0500. The molecule has 0 spiro atoms. The van der Waals surface area contributed by atoms with Gasteiger partial charge >= 0.3 is 10.0 Å². The maximum Gasteiger partial charge on any atom is 0.328 e. The van der Waals surface area contributed by atoms with E-state index in [2.05, 4.69) is 4.98 Å². The molecule has 0 unspecified atom stereocenters. The number of nitrogens with one attached hydrogen (secondary N) is 1. The topological polar surface area (TPSA) is 105 Å². The maximum atomic E-state index is 14.4. The number of aromatic nitrogens is 1. The molecule has 0 saturated heterocycles. The lowest BCUT2D eigenvalue weighted by atomic mass is 9.98. The van der Waals surface area contributed by atoms with E-state index in [0.717, 1.165) is 17.0 Å². The van der Waals surface area contributed by atoms with Crippen LogP contribution < -0.4 is 4.72 Å². The van der Waals surface area contributed by atoms with Crippen molar-refractivity contribution in [2.24, 2.45) is 0 Å². The van der Waals surface area contributed by atoms with Crippen LogP contribution >= 0.6 is 0 Å². The van der Waals surface area contributed by atoms with Crippen molar-refractivity contribution in [3.8, 4) is 0 Å². The van der Waals surface area contributed by atoms with Crippen LogP contribution in [0.3, 0.4) is 0 Å². The number of nitrogens with two attached hydrogens (primary N) is 1. The molecule has 142 valence electrons. The Hall–Kier alpha value is -3.23. The molecule has 3 N–H and O–H groups in total. The van der Waals surface area contributed by atoms with E-state index in [1.807, 2.05) is 0 Å². The lowest BCUT2D eigenvalue weighted by Crippen LogP contribution is -2.82. The van der Waals surface area contributed by atoms with Crippen LogP contribution in [0.5, 0.6) is 0 Å². The Morgan fingerprint density at radius 2 is 1.75 bits per heavy atom. The van der Waals surface area contributed by atoms with E-state index in [4.69, 9.17) is 5.41 Å². The van der Waals surface area contributed by atoms with Gasteiger partial charge in [-0.2, -0.15) is 8.42 Å². The standard InChI is InChI=1S/C20H16FN3O3S/c21-18-7-6-15(12-19(25)14-8-10-23-11-9-14)17(13-22)20(18)24-28(26,27)16-4-2-1-3-5-16/h1-11,13,22,24H,12H2/p+1. The summed E-state index contributed by atoms with van der Waals surface area (Å²) in [6.45, 7) is 0. The van der Waals surface area contributed by atoms with Gasteiger partial charge in [-0.1, -0.05) is 24.3 Å². The number of pyridine rings is 1. The average Bonchev–Trinajstić information content (AvgIpc) is 2.71. The number of nitrogens with zero attached hydrogens (tertiary/aromatic N) is 1. The number of sulfonamides is 1. The number of Topliss-reactive ketones (excluding diaryl/α,β-unsaturated/α-hetero) is 1. The lowest BCUT2D eigenvalue weighted by molar-refractivity contribution is -0.400. The summed E-state index contributed by atoms with van der Waals surface area (Å²) in [7, 11) is -3.93. The zero-order valence-corrected chi connectivity index (χ0v) is 15.5. The van der Waals surface area contributed by atoms with Gasteiger partial charge in [-0.25, -0.2) is 9.11 Å². The van der Waals surface area contributed by atoms with Crippen LogP contribution in [0.2, 0.25) is 0 Å². The number of hydrogen-bond acceptors (Lipinski definition) is 5. The smallest absolute Gasteiger partial charge is 0.308 e. The second-order valence-electron chi connectivity index (χ2n) is 5.99. The van der Waals surface area contributed by atoms with E-state index >= 15 is 0 Å². The lowest BCUT2D eigenvalue weighted by Gasteiger charge is -2.11. The Morgan fingerprint density at radius 1 is 1.07 bits per heavy atom. The summed E-state index contributed by atoms with van der Waals surface area (Å²) in [5.41, 5.74) is 0.617. The predicted octanol–water partition coefficient (Wildman–Crippen LogP) is 2.23. The summed E-state index contributed by atoms with van der Waals surface area (Å²) in [4.78, 5) is 16.3. The van der Waals surface area contributed by atoms with Gasteiger partial charge in [-0.15, -0.1) is 0 Å². The van der Waals surface area contributed by atoms with E-state index in [-0.39, 0.29) is 28.4 Å². The molecule has 0 amide bonds. The first-order chi connectivity index (χ1) is 13.4. The highest BCUT2D eigenvalue weighted by Gasteiger charge is 2.25. The molecule has 8 heteroatoms. The van der Waals surface area contributed by atoms with Crippen LogP contribution in [0.1, 0.15) is 21.5 Å². The first kappa shape index (κ1) is 19.5. The van der Waals surface area contributed by atoms with Crippen LogP contribution in [0, 0.1) is 11.2 Å². The van der Waals surface area contributed by atoms with Gasteiger partial charge in [0.1, 0.15) is 4.90 Å². The third-order valence-electron chi connectivity index (χ3n) is 4.17. The van der Waals surface area contributed by atoms with E-state index in [1.165, 1.54) is 30.6 Å². The number of carbonyl (C=O) groups is 1. The molecule has 3 rings (SSSR count). The minimum atomic E-state index is -3.93. The molecule has 0 saturated carbocycles. The van der Waals surface area contributed by atoms with E-state index in [1.54, 1.807) is 30.3 Å². The zero-order valence-electron chi connectivity index (χ0n) is 14.7. The average molecular weight is 398 g/mol. The van der Waals surface area contributed by atoms with Gasteiger partial charge in [-0.3, -0.25) is 9.78 Å². The number of hydrogen-bond donors (Lipinski definition) is 2. The quantitative estimate of drug-likeness (QED) is 0.362. The summed E-state index contributed by atoms with van der Waals surface area (Å²) < 4.78 is 40.4. The van der Waals surface area contributed by atoms with Gasteiger partial charge in [0, 0.05) is 30.6 Å². The van der Waals surface area contributed by atoms with Crippen LogP contribution in [0.15, 0.2) is 71.9 Å². The Morgan fingerprint density at radius 3 is 2.39 bits per heavy atom. The van der Waals surface area contributed by atoms with E-state index < -0.39 is 15.8 Å². The molecule has 1 aromatic heterocycles. The highest BCUT2D eigenvalue weighted by atomic mass is 32.2. The minimum Gasteiger partial charge on any atom is -0.308 e. The normalized spacial score (nSPS) is 11.2. The van der Waals surface area contributed by atoms with Crippen molar-refractivity contribution in [3.63, 3.8) is 0 Å². The molecule has 1 heterocycles. The summed E-state index contributed by atoms with van der Waals surface area (Å²) in [6.07, 6.45) is 3.74. The number of carbonyl (C=O) groups excluding carboxylic acids is 1. The highest BCUT2D eigenvalue weighted by Crippen LogP contribution is 2.21. The minimum absolute atomic E-state index is 0.0172. The number of halogens is 1. The molecule has 28 heavy (non-hydrogen) atoms. The first-order valence-corrected chi connectivity index (χ1v) is 9.87. The van der Waals surface area contributed by atoms with Crippen molar-refractivity contribution in [1.29, 1.82) is 5.41 Å². The second kappa shape index (κ2) is 8.20. The number of rotatable bonds is 7. The van der Waals surface area contributed by atoms with Crippen molar-refractivity contribution in [2.45, 2.75) is 11.3 Å². The summed E-state index contributed by atoms with van der Waals surface area (Å²) in [5, 5.41) is 7.66. The largest absolute Gasteiger partial charge is 0.328 e. The summed E-state index contributed by atoms with van der Waals surface area (Å²) >= 11 is 0. The second-order valence-corrected chi connectivity index (χ2v) is 7.79. The fourth-order valence-corrected chi connectivity index (χ4v) is 3.97. The van der Waals surface area contributed by atoms with Gasteiger partial charge in [0.2, 0.25) is 0 Å². The Kier molecular flexibility index (Phi) is 5.72. The maximum absolute atomic E-state index is 14.4. The van der Waals surface area contributed by atoms with Gasteiger partial charge in [0.05, 0.1) is 5.56 Å². The van der Waals surface area contributed by atoms with Gasteiger partial charge in [0.25, 0.3) is 0 Å². The molecule has 0 radical (unpaired) electrons. The van der Waals surface area contributed by atoms with Gasteiger partial charge in [-0.05, 0) is 35.9 Å². The monoisotopic (exact) mass is 398 g/mol. The van der Waals surface area contributed by atoms with Crippen LogP contribution in [0.25, 0.3) is 0 Å². The highest BCUT2D eigenvalue weighted by molar-refractivity contribution is 7.85. The first-order valence-electron chi connectivity index (χ1n) is 8.32. The molecule has 0 aliphatic carbocycles. The molecular formula is C20H17FN3O3S+. The van der Waals surface area contributed by atoms with Crippen molar-refractivity contribution < 1.29 is 22.3 Å². The number of benzene rings is 2. The van der Waals surface area contributed by atoms with Crippen LogP contribution in [-0.4, -0.2) is 25.4 Å². The van der Waals surface area contributed by atoms with Gasteiger partial charge < -0.3 is 5.41 Å². The van der Waals surface area contributed by atoms with E-state index in [0.29, 0.717) is 11.1 Å². The number of quaternary nitrogens is 1. The number of primary sulfonamides is 1. The molecule has 0 atom stereocenters.